The number of pyridine rings is 1. The fourth-order valence-electron chi connectivity index (χ4n) is 3.01. The molecule has 0 atom stereocenters. The summed E-state index contributed by atoms with van der Waals surface area (Å²) >= 11 is 0. The molecule has 0 radical (unpaired) electrons. The van der Waals surface area contributed by atoms with Crippen LogP contribution in [-0.4, -0.2) is 27.8 Å². The summed E-state index contributed by atoms with van der Waals surface area (Å²) in [6.45, 7) is 0. The van der Waals surface area contributed by atoms with Crippen LogP contribution < -0.4 is 10.1 Å². The molecule has 7 heteroatoms. The Morgan fingerprint density at radius 1 is 1.07 bits per heavy atom. The first kappa shape index (κ1) is 18.4. The lowest BCUT2D eigenvalue weighted by molar-refractivity contribution is 0.102. The third-order valence-electron chi connectivity index (χ3n) is 4.35. The summed E-state index contributed by atoms with van der Waals surface area (Å²) in [5.41, 5.74) is 2.73. The lowest BCUT2D eigenvalue weighted by Gasteiger charge is -2.11. The van der Waals surface area contributed by atoms with Crippen molar-refractivity contribution in [3.05, 3.63) is 90.6 Å². The molecule has 0 bridgehead atoms. The lowest BCUT2D eigenvalue weighted by atomic mass is 10.1. The molecule has 6 nitrogen and oxygen atoms in total. The van der Waals surface area contributed by atoms with Gasteiger partial charge in [0.15, 0.2) is 0 Å². The van der Waals surface area contributed by atoms with Crippen molar-refractivity contribution < 1.29 is 13.9 Å². The quantitative estimate of drug-likeness (QED) is 0.552. The maximum absolute atomic E-state index is 13.8. The fraction of sp³-hybridized carbons (Fsp3) is 0.0455. The van der Waals surface area contributed by atoms with Gasteiger partial charge in [0, 0.05) is 29.7 Å². The summed E-state index contributed by atoms with van der Waals surface area (Å²) < 4.78 is 20.5. The van der Waals surface area contributed by atoms with Crippen molar-refractivity contribution in [2.75, 3.05) is 12.4 Å². The molecule has 0 saturated carbocycles. The van der Waals surface area contributed by atoms with Crippen LogP contribution in [0.1, 0.15) is 10.4 Å². The zero-order valence-corrected chi connectivity index (χ0v) is 15.5. The van der Waals surface area contributed by atoms with Crippen molar-refractivity contribution >= 4 is 11.6 Å². The number of hydrogen-bond donors (Lipinski definition) is 1. The van der Waals surface area contributed by atoms with Crippen LogP contribution in [0.25, 0.3) is 16.9 Å². The summed E-state index contributed by atoms with van der Waals surface area (Å²) in [5, 5.41) is 7.20. The first-order valence-electron chi connectivity index (χ1n) is 8.85. The number of hydrogen-bond acceptors (Lipinski definition) is 4. The molecule has 0 unspecified atom stereocenters. The molecule has 144 valence electrons. The van der Waals surface area contributed by atoms with E-state index in [1.54, 1.807) is 72.7 Å². The number of anilines is 1. The predicted molar refractivity (Wildman–Crippen MR) is 108 cm³/mol. The van der Waals surface area contributed by atoms with Crippen molar-refractivity contribution in [3.63, 3.8) is 0 Å². The molecular formula is C22H17FN4O2. The molecule has 0 spiro atoms. The number of methoxy groups -OCH3 is 1. The lowest BCUT2D eigenvalue weighted by Crippen LogP contribution is -2.13. The van der Waals surface area contributed by atoms with Gasteiger partial charge in [-0.25, -0.2) is 9.07 Å². The molecule has 0 aliphatic rings. The fourth-order valence-corrected chi connectivity index (χ4v) is 3.01. The van der Waals surface area contributed by atoms with Crippen LogP contribution >= 0.6 is 0 Å². The van der Waals surface area contributed by atoms with Gasteiger partial charge in [-0.15, -0.1) is 0 Å². The molecule has 0 fully saturated rings. The molecule has 29 heavy (non-hydrogen) atoms. The van der Waals surface area contributed by atoms with Crippen molar-refractivity contribution in [1.29, 1.82) is 0 Å². The van der Waals surface area contributed by atoms with Crippen LogP contribution in [0.15, 0.2) is 79.3 Å². The Hall–Kier alpha value is -4.00. The van der Waals surface area contributed by atoms with E-state index in [1.807, 2.05) is 0 Å². The monoisotopic (exact) mass is 388 g/mol. The third kappa shape index (κ3) is 3.84. The maximum Gasteiger partial charge on any atom is 0.259 e. The maximum atomic E-state index is 13.8. The van der Waals surface area contributed by atoms with Gasteiger partial charge in [-0.2, -0.15) is 5.10 Å². The van der Waals surface area contributed by atoms with Crippen molar-refractivity contribution in [1.82, 2.24) is 14.8 Å². The first-order chi connectivity index (χ1) is 14.2. The number of benzene rings is 2. The normalized spacial score (nSPS) is 10.6. The van der Waals surface area contributed by atoms with Crippen LogP contribution in [-0.2, 0) is 0 Å². The highest BCUT2D eigenvalue weighted by Crippen LogP contribution is 2.28. The number of nitrogens with zero attached hydrogens (tertiary/aromatic N) is 3. The Morgan fingerprint density at radius 2 is 1.86 bits per heavy atom. The van der Waals surface area contributed by atoms with E-state index in [2.05, 4.69) is 15.4 Å². The Labute approximate surface area is 166 Å². The zero-order chi connectivity index (χ0) is 20.2. The van der Waals surface area contributed by atoms with E-state index in [-0.39, 0.29) is 11.7 Å². The molecule has 4 aromatic rings. The van der Waals surface area contributed by atoms with Gasteiger partial charge in [-0.05, 0) is 42.5 Å². The highest BCUT2D eigenvalue weighted by Gasteiger charge is 2.20. The smallest absolute Gasteiger partial charge is 0.259 e. The van der Waals surface area contributed by atoms with E-state index < -0.39 is 0 Å². The molecule has 4 rings (SSSR count). The average molecular weight is 388 g/mol. The largest absolute Gasteiger partial charge is 0.497 e. The zero-order valence-electron chi connectivity index (χ0n) is 15.5. The van der Waals surface area contributed by atoms with Gasteiger partial charge in [0.25, 0.3) is 5.91 Å². The Kier molecular flexibility index (Phi) is 5.03. The van der Waals surface area contributed by atoms with E-state index in [9.17, 15) is 9.18 Å². The van der Waals surface area contributed by atoms with Crippen LogP contribution in [0.3, 0.4) is 0 Å². The number of carbonyl (C=O) groups excluding carboxylic acids is 1. The van der Waals surface area contributed by atoms with Gasteiger partial charge in [0.2, 0.25) is 0 Å². The van der Waals surface area contributed by atoms with Crippen LogP contribution in [0.5, 0.6) is 5.75 Å². The van der Waals surface area contributed by atoms with E-state index >= 15 is 0 Å². The van der Waals surface area contributed by atoms with Gasteiger partial charge < -0.3 is 10.1 Å². The summed E-state index contributed by atoms with van der Waals surface area (Å²) in [6.07, 6.45) is 4.72. The molecule has 0 aliphatic carbocycles. The second kappa shape index (κ2) is 7.93. The number of halogens is 1. The van der Waals surface area contributed by atoms with E-state index in [0.717, 1.165) is 5.56 Å². The summed E-state index contributed by atoms with van der Waals surface area (Å²) in [4.78, 5) is 17.1. The minimum atomic E-state index is -0.388. The van der Waals surface area contributed by atoms with E-state index in [4.69, 9.17) is 4.74 Å². The van der Waals surface area contributed by atoms with Gasteiger partial charge in [0.1, 0.15) is 11.6 Å². The molecular weight excluding hydrogens is 371 g/mol. The summed E-state index contributed by atoms with van der Waals surface area (Å²) in [7, 11) is 1.56. The minimum absolute atomic E-state index is 0.340. The second-order valence-corrected chi connectivity index (χ2v) is 6.22. The standard InChI is InChI=1S/C22H17FN4O2/c1-29-19-7-3-5-17(13-19)26-22(28)20-14-25-27(18-6-2-4-16(23)12-18)21(20)15-8-10-24-11-9-15/h2-14H,1H3,(H,26,28). The number of carbonyl (C=O) groups is 1. The summed E-state index contributed by atoms with van der Waals surface area (Å²) in [5.74, 6) is -0.0959. The number of rotatable bonds is 5. The summed E-state index contributed by atoms with van der Waals surface area (Å²) in [6, 6.07) is 16.7. The van der Waals surface area contributed by atoms with Crippen molar-refractivity contribution in [3.8, 4) is 22.7 Å². The molecule has 2 aromatic heterocycles. The van der Waals surface area contributed by atoms with E-state index in [0.29, 0.717) is 28.4 Å². The Morgan fingerprint density at radius 3 is 2.62 bits per heavy atom. The molecule has 2 heterocycles. The highest BCUT2D eigenvalue weighted by molar-refractivity contribution is 6.08. The van der Waals surface area contributed by atoms with Crippen molar-refractivity contribution in [2.45, 2.75) is 0 Å². The van der Waals surface area contributed by atoms with Gasteiger partial charge in [-0.3, -0.25) is 9.78 Å². The number of nitrogens with one attached hydrogen (secondary N) is 1. The van der Waals surface area contributed by atoms with Gasteiger partial charge in [-0.1, -0.05) is 12.1 Å². The molecule has 1 N–H and O–H groups in total. The van der Waals surface area contributed by atoms with Gasteiger partial charge in [0.05, 0.1) is 30.3 Å². The Bertz CT molecular complexity index is 1160. The Balaban J connectivity index is 1.78. The van der Waals surface area contributed by atoms with Crippen LogP contribution in [0.2, 0.25) is 0 Å². The highest BCUT2D eigenvalue weighted by atomic mass is 19.1. The third-order valence-corrected chi connectivity index (χ3v) is 4.35. The number of amides is 1. The number of aromatic nitrogens is 3. The topological polar surface area (TPSA) is 69.0 Å². The first-order valence-corrected chi connectivity index (χ1v) is 8.85. The van der Waals surface area contributed by atoms with Crippen LogP contribution in [0.4, 0.5) is 10.1 Å². The van der Waals surface area contributed by atoms with Crippen molar-refractivity contribution in [2.24, 2.45) is 0 Å². The van der Waals surface area contributed by atoms with Gasteiger partial charge >= 0.3 is 0 Å². The molecule has 2 aromatic carbocycles. The number of ether oxygens (including phenoxy) is 1. The molecule has 1 amide bonds. The average Bonchev–Trinajstić information content (AvgIpc) is 3.20. The predicted octanol–water partition coefficient (Wildman–Crippen LogP) is 4.33. The molecule has 0 aliphatic heterocycles. The minimum Gasteiger partial charge on any atom is -0.497 e. The van der Waals surface area contributed by atoms with E-state index in [1.165, 1.54) is 18.3 Å². The second-order valence-electron chi connectivity index (χ2n) is 6.22. The SMILES string of the molecule is COc1cccc(NC(=O)c2cnn(-c3cccc(F)c3)c2-c2ccncc2)c1. The molecule has 0 saturated heterocycles. The van der Waals surface area contributed by atoms with Crippen LogP contribution in [0, 0.1) is 5.82 Å².